The lowest BCUT2D eigenvalue weighted by atomic mass is 9.92. The summed E-state index contributed by atoms with van der Waals surface area (Å²) in [7, 11) is 0. The van der Waals surface area contributed by atoms with Gasteiger partial charge in [-0.1, -0.05) is 45.9 Å². The molecule has 4 aliphatic rings. The molecule has 1 aromatic heterocycles. The van der Waals surface area contributed by atoms with E-state index in [9.17, 15) is 38.7 Å². The van der Waals surface area contributed by atoms with E-state index in [0.717, 1.165) is 23.2 Å². The van der Waals surface area contributed by atoms with Gasteiger partial charge < -0.3 is 52.5 Å². The van der Waals surface area contributed by atoms with Gasteiger partial charge in [0.2, 0.25) is 29.5 Å². The number of urea groups is 1. The van der Waals surface area contributed by atoms with Crippen LogP contribution >= 0.6 is 15.9 Å². The number of aromatic nitrogens is 1. The van der Waals surface area contributed by atoms with Gasteiger partial charge >= 0.3 is 6.03 Å². The molecule has 376 valence electrons. The average Bonchev–Trinajstić information content (AvgIpc) is 4.12. The minimum absolute atomic E-state index is 0.142. The van der Waals surface area contributed by atoms with E-state index in [1.54, 1.807) is 46.9 Å². The summed E-state index contributed by atoms with van der Waals surface area (Å²) in [5.41, 5.74) is 15.8. The lowest BCUT2D eigenvalue weighted by Crippen LogP contribution is -2.56. The summed E-state index contributed by atoms with van der Waals surface area (Å²) >= 11 is 3.24. The van der Waals surface area contributed by atoms with Gasteiger partial charge in [-0.05, 0) is 102 Å². The molecule has 19 nitrogen and oxygen atoms in total. The predicted octanol–water partition coefficient (Wildman–Crippen LogP) is 3.91. The number of pyridine rings is 1. The molecule has 20 heteroatoms. The number of aliphatic hydroxyl groups is 1. The zero-order valence-corrected chi connectivity index (χ0v) is 41.9. The molecule has 6 rings (SSSR count). The van der Waals surface area contributed by atoms with Crippen LogP contribution < -0.4 is 32.7 Å². The van der Waals surface area contributed by atoms with Gasteiger partial charge in [0, 0.05) is 81.1 Å². The summed E-state index contributed by atoms with van der Waals surface area (Å²) in [6.07, 6.45) is 10.2. The van der Waals surface area contributed by atoms with Gasteiger partial charge in [-0.15, -0.1) is 0 Å². The van der Waals surface area contributed by atoms with Crippen LogP contribution in [-0.2, 0) is 47.1 Å². The van der Waals surface area contributed by atoms with Crippen LogP contribution in [0.3, 0.4) is 0 Å². The molecule has 3 aliphatic heterocycles. The van der Waals surface area contributed by atoms with Gasteiger partial charge in [0.1, 0.15) is 17.9 Å². The van der Waals surface area contributed by atoms with Crippen molar-refractivity contribution in [2.75, 3.05) is 44.6 Å². The number of primary amides is 1. The fraction of sp³-hybridized carbons (Fsp3) is 0.500. The Morgan fingerprint density at radius 3 is 2.47 bits per heavy atom. The van der Waals surface area contributed by atoms with Crippen molar-refractivity contribution in [3.63, 3.8) is 0 Å². The first-order chi connectivity index (χ1) is 33.4. The van der Waals surface area contributed by atoms with Crippen LogP contribution in [0.1, 0.15) is 107 Å². The monoisotopic (exact) mass is 1030 g/mol. The van der Waals surface area contributed by atoms with Crippen molar-refractivity contribution in [2.45, 2.75) is 115 Å². The molecule has 1 aliphatic carbocycles. The lowest BCUT2D eigenvalue weighted by Gasteiger charge is -2.33. The van der Waals surface area contributed by atoms with E-state index in [1.807, 2.05) is 31.2 Å². The highest BCUT2D eigenvalue weighted by Gasteiger charge is 2.51. The topological polar surface area (TPSA) is 275 Å². The van der Waals surface area contributed by atoms with Crippen LogP contribution in [0.2, 0.25) is 0 Å². The quantitative estimate of drug-likeness (QED) is 0.0789. The van der Waals surface area contributed by atoms with E-state index in [4.69, 9.17) is 11.5 Å². The number of aliphatic hydroxyl groups excluding tert-OH is 1. The van der Waals surface area contributed by atoms with Crippen LogP contribution in [0.25, 0.3) is 6.08 Å². The number of hydrogen-bond donors (Lipinski definition) is 7. The summed E-state index contributed by atoms with van der Waals surface area (Å²) in [4.78, 5) is 107. The second-order valence-corrected chi connectivity index (χ2v) is 19.5. The van der Waals surface area contributed by atoms with Crippen molar-refractivity contribution < 1.29 is 38.7 Å². The molecule has 0 bridgehead atoms. The molecule has 0 radical (unpaired) electrons. The van der Waals surface area contributed by atoms with Crippen LogP contribution in [-0.4, -0.2) is 124 Å². The number of unbranched alkanes of at least 4 members (excludes halogenated alkanes) is 2. The number of nitrogens with two attached hydrogens (primary N) is 2. The molecule has 0 saturated heterocycles. The molecular formula is C50H66BrN11O8. The standard InChI is InChI=1S/C50H66BrN11O8/c1-5-18-60(21-22-63)45(66)33-24-32-12-13-35(27-40(32)57-41(52)26-33)50(15-16-50)48(69)56-36-25-34-29-61(20-14-38(34)55-28-36)47(68)39(10-9-17-54-49(53)70)58-44(65)43(30(2)3)59-42(64)11-7-6-8-19-62-31(4)23-37(51)46(62)67/h12-13,23-25,27-28,30,39,43,63H,4-11,14-22,26,29H2,1-3H3,(H2,52,57)(H,56,69)(H,58,65)(H,59,64)(H3,53,54,70). The van der Waals surface area contributed by atoms with Gasteiger partial charge in [-0.3, -0.25) is 33.8 Å². The third kappa shape index (κ3) is 13.3. The predicted molar refractivity (Wildman–Crippen MR) is 269 cm³/mol. The van der Waals surface area contributed by atoms with Crippen LogP contribution in [0.15, 0.2) is 63.9 Å². The van der Waals surface area contributed by atoms with E-state index >= 15 is 0 Å². The van der Waals surface area contributed by atoms with Crippen molar-refractivity contribution in [3.8, 4) is 0 Å². The Morgan fingerprint density at radius 1 is 1.03 bits per heavy atom. The van der Waals surface area contributed by atoms with Crippen LogP contribution in [0.5, 0.6) is 0 Å². The van der Waals surface area contributed by atoms with Crippen molar-refractivity contribution in [2.24, 2.45) is 22.4 Å². The molecule has 1 fully saturated rings. The van der Waals surface area contributed by atoms with Crippen molar-refractivity contribution >= 4 is 80.7 Å². The number of benzene rings is 1. The second-order valence-electron chi connectivity index (χ2n) is 18.6. The maximum absolute atomic E-state index is 14.3. The number of nitrogens with one attached hydrogen (secondary N) is 4. The normalized spacial score (nSPS) is 16.7. The molecule has 1 aromatic carbocycles. The first kappa shape index (κ1) is 53.0. The van der Waals surface area contributed by atoms with E-state index in [-0.39, 0.29) is 86.8 Å². The maximum Gasteiger partial charge on any atom is 0.312 e. The van der Waals surface area contributed by atoms with Crippen molar-refractivity contribution in [1.29, 1.82) is 0 Å². The zero-order chi connectivity index (χ0) is 50.7. The first-order valence-corrected chi connectivity index (χ1v) is 24.9. The number of carbonyl (C=O) groups excluding carboxylic acids is 7. The van der Waals surface area contributed by atoms with Gasteiger partial charge in [0.05, 0.1) is 34.1 Å². The minimum Gasteiger partial charge on any atom is -0.395 e. The molecule has 4 heterocycles. The summed E-state index contributed by atoms with van der Waals surface area (Å²) in [5, 5.41) is 20.9. The molecular weight excluding hydrogens is 963 g/mol. The number of hydrogen-bond acceptors (Lipinski definition) is 11. The fourth-order valence-electron chi connectivity index (χ4n) is 9.00. The number of nitrogens with zero attached hydrogens (tertiary/aromatic N) is 5. The number of carbonyl (C=O) groups is 7. The Hall–Kier alpha value is -6.41. The number of rotatable bonds is 23. The number of allylic oxidation sites excluding steroid dienone is 1. The summed E-state index contributed by atoms with van der Waals surface area (Å²) in [5.74, 6) is -1.78. The highest BCUT2D eigenvalue weighted by molar-refractivity contribution is 9.12. The number of aliphatic imine (C=N–C) groups is 1. The van der Waals surface area contributed by atoms with E-state index in [0.29, 0.717) is 97.3 Å². The van der Waals surface area contributed by atoms with Crippen molar-refractivity contribution in [1.82, 2.24) is 35.6 Å². The Bertz CT molecular complexity index is 2460. The van der Waals surface area contributed by atoms with Gasteiger partial charge in [0.25, 0.3) is 5.91 Å². The molecule has 70 heavy (non-hydrogen) atoms. The second kappa shape index (κ2) is 23.9. The Balaban J connectivity index is 1.08. The highest BCUT2D eigenvalue weighted by Crippen LogP contribution is 2.50. The Morgan fingerprint density at radius 2 is 1.80 bits per heavy atom. The van der Waals surface area contributed by atoms with Gasteiger partial charge in [-0.2, -0.15) is 0 Å². The average molecular weight is 1030 g/mol. The third-order valence-electron chi connectivity index (χ3n) is 13.0. The number of halogens is 1. The Labute approximate surface area is 417 Å². The molecule has 2 unspecified atom stereocenters. The maximum atomic E-state index is 14.3. The summed E-state index contributed by atoms with van der Waals surface area (Å²) in [6.45, 7) is 11.2. The SMILES string of the molecule is C=C1C=C(Br)C(=O)N1CCCCCC(=O)NC(C(=O)NC(CCCNC(N)=O)C(=O)N1CCc2ncc(NC(=O)C3(c4ccc5c(c4)N=C(N)CC(C(=O)N(CCC)CCO)=C5)CC3)cc2C1)C(C)C. The number of amides is 8. The number of anilines is 1. The van der Waals surface area contributed by atoms with E-state index in [2.05, 4.69) is 53.8 Å². The highest BCUT2D eigenvalue weighted by atomic mass is 79.9. The van der Waals surface area contributed by atoms with Gasteiger partial charge in [-0.25, -0.2) is 9.79 Å². The molecule has 8 amide bonds. The van der Waals surface area contributed by atoms with E-state index < -0.39 is 29.4 Å². The number of amidine groups is 1. The smallest absolute Gasteiger partial charge is 0.312 e. The molecule has 1 saturated carbocycles. The lowest BCUT2D eigenvalue weighted by molar-refractivity contribution is -0.138. The molecule has 2 aromatic rings. The van der Waals surface area contributed by atoms with Gasteiger partial charge in [0.15, 0.2) is 0 Å². The largest absolute Gasteiger partial charge is 0.395 e. The fourth-order valence-corrected chi connectivity index (χ4v) is 9.48. The molecule has 9 N–H and O–H groups in total. The zero-order valence-electron chi connectivity index (χ0n) is 40.3. The minimum atomic E-state index is -0.991. The number of fused-ring (bicyclic) bond motifs is 2. The third-order valence-corrected chi connectivity index (χ3v) is 13.6. The van der Waals surface area contributed by atoms with Crippen molar-refractivity contribution in [3.05, 3.63) is 81.3 Å². The Kier molecular flexibility index (Phi) is 18.1. The summed E-state index contributed by atoms with van der Waals surface area (Å²) < 4.78 is 0.460. The molecule has 0 spiro atoms. The first-order valence-electron chi connectivity index (χ1n) is 24.1. The van der Waals surface area contributed by atoms with Crippen LogP contribution in [0, 0.1) is 5.92 Å². The van der Waals surface area contributed by atoms with E-state index in [1.165, 1.54) is 0 Å². The van der Waals surface area contributed by atoms with Crippen LogP contribution in [0.4, 0.5) is 16.2 Å². The summed E-state index contributed by atoms with van der Waals surface area (Å²) in [6, 6.07) is 4.76. The molecule has 2 atom stereocenters.